The van der Waals surface area contributed by atoms with Crippen LogP contribution in [0.25, 0.3) is 0 Å². The molecule has 2 rings (SSSR count). The van der Waals surface area contributed by atoms with Crippen LogP contribution < -0.4 is 10.1 Å². The summed E-state index contributed by atoms with van der Waals surface area (Å²) in [6, 6.07) is 8.08. The summed E-state index contributed by atoms with van der Waals surface area (Å²) in [5.74, 6) is 0.934. The molecule has 0 spiro atoms. The summed E-state index contributed by atoms with van der Waals surface area (Å²) < 4.78 is 5.83. The third-order valence-corrected chi connectivity index (χ3v) is 4.03. The van der Waals surface area contributed by atoms with Gasteiger partial charge in [0.1, 0.15) is 12.4 Å². The average Bonchev–Trinajstić information content (AvgIpc) is 2.85. The zero-order valence-electron chi connectivity index (χ0n) is 10.5. The van der Waals surface area contributed by atoms with E-state index in [9.17, 15) is 0 Å². The number of rotatable bonds is 6. The van der Waals surface area contributed by atoms with Crippen molar-refractivity contribution < 1.29 is 4.74 Å². The quantitative estimate of drug-likeness (QED) is 0.814. The van der Waals surface area contributed by atoms with Crippen LogP contribution in [-0.2, 0) is 6.61 Å². The lowest BCUT2D eigenvalue weighted by Gasteiger charge is -2.08. The van der Waals surface area contributed by atoms with Crippen molar-refractivity contribution in [2.45, 2.75) is 18.4 Å². The van der Waals surface area contributed by atoms with E-state index in [-0.39, 0.29) is 0 Å². The molecule has 1 aromatic heterocycles. The van der Waals surface area contributed by atoms with Gasteiger partial charge < -0.3 is 10.1 Å². The molecular formula is C13H16N2OS2. The van der Waals surface area contributed by atoms with Gasteiger partial charge in [0, 0.05) is 17.6 Å². The molecule has 0 fully saturated rings. The van der Waals surface area contributed by atoms with E-state index in [0.29, 0.717) is 6.61 Å². The average molecular weight is 280 g/mol. The molecule has 0 radical (unpaired) electrons. The minimum Gasteiger partial charge on any atom is -0.487 e. The van der Waals surface area contributed by atoms with Gasteiger partial charge in [0.05, 0.1) is 4.88 Å². The van der Waals surface area contributed by atoms with Gasteiger partial charge in [-0.05, 0) is 25.3 Å². The second-order valence-electron chi connectivity index (χ2n) is 3.60. The van der Waals surface area contributed by atoms with Crippen molar-refractivity contribution in [3.63, 3.8) is 0 Å². The van der Waals surface area contributed by atoms with Crippen LogP contribution in [0, 0.1) is 0 Å². The molecule has 1 N–H and O–H groups in total. The Bertz CT molecular complexity index is 499. The van der Waals surface area contributed by atoms with E-state index in [1.54, 1.807) is 23.1 Å². The number of thiazole rings is 1. The van der Waals surface area contributed by atoms with Crippen molar-refractivity contribution in [1.29, 1.82) is 0 Å². The Morgan fingerprint density at radius 3 is 3.00 bits per heavy atom. The van der Waals surface area contributed by atoms with Crippen LogP contribution in [-0.4, -0.2) is 17.8 Å². The number of hydrogen-bond acceptors (Lipinski definition) is 5. The molecule has 18 heavy (non-hydrogen) atoms. The number of hydrogen-bond donors (Lipinski definition) is 1. The molecule has 0 aliphatic carbocycles. The monoisotopic (exact) mass is 280 g/mol. The summed E-state index contributed by atoms with van der Waals surface area (Å²) in [6.07, 6.45) is 3.92. The fraction of sp³-hybridized carbons (Fsp3) is 0.308. The van der Waals surface area contributed by atoms with E-state index in [1.807, 2.05) is 24.4 Å². The van der Waals surface area contributed by atoms with E-state index in [1.165, 1.54) is 0 Å². The van der Waals surface area contributed by atoms with Crippen molar-refractivity contribution in [3.05, 3.63) is 35.3 Å². The third kappa shape index (κ3) is 3.40. The first-order valence-corrected chi connectivity index (χ1v) is 7.82. The molecule has 1 heterocycles. The first-order chi connectivity index (χ1) is 8.83. The third-order valence-electron chi connectivity index (χ3n) is 2.32. The minimum atomic E-state index is 0.570. The highest BCUT2D eigenvalue weighted by Crippen LogP contribution is 2.28. The van der Waals surface area contributed by atoms with E-state index >= 15 is 0 Å². The van der Waals surface area contributed by atoms with Crippen molar-refractivity contribution >= 4 is 28.2 Å². The van der Waals surface area contributed by atoms with Crippen LogP contribution in [0.1, 0.15) is 11.8 Å². The predicted octanol–water partition coefficient (Wildman–Crippen LogP) is 3.88. The number of benzene rings is 1. The molecule has 2 aromatic rings. The Kier molecular flexibility index (Phi) is 4.90. The summed E-state index contributed by atoms with van der Waals surface area (Å²) >= 11 is 3.33. The first-order valence-electron chi connectivity index (χ1n) is 5.78. The van der Waals surface area contributed by atoms with Gasteiger partial charge in [0.15, 0.2) is 5.13 Å². The molecule has 0 aliphatic heterocycles. The lowest BCUT2D eigenvalue weighted by atomic mass is 10.3. The number of ether oxygens (including phenoxy) is 1. The Balaban J connectivity index is 1.97. The summed E-state index contributed by atoms with van der Waals surface area (Å²) in [7, 11) is 0. The second kappa shape index (κ2) is 6.66. The standard InChI is InChI=1S/C13H16N2OS2/c1-3-14-13-15-8-10(18-13)9-16-11-6-4-5-7-12(11)17-2/h4-8H,3,9H2,1-2H3,(H,14,15). The number of nitrogens with one attached hydrogen (secondary N) is 1. The Morgan fingerprint density at radius 1 is 1.39 bits per heavy atom. The van der Waals surface area contributed by atoms with Crippen molar-refractivity contribution in [2.24, 2.45) is 0 Å². The van der Waals surface area contributed by atoms with Crippen LogP contribution in [0.4, 0.5) is 5.13 Å². The zero-order chi connectivity index (χ0) is 12.8. The highest BCUT2D eigenvalue weighted by atomic mass is 32.2. The smallest absolute Gasteiger partial charge is 0.182 e. The second-order valence-corrected chi connectivity index (χ2v) is 5.56. The Morgan fingerprint density at radius 2 is 2.22 bits per heavy atom. The SMILES string of the molecule is CCNc1ncc(COc2ccccc2SC)s1. The molecule has 0 aliphatic rings. The van der Waals surface area contributed by atoms with E-state index in [0.717, 1.165) is 27.2 Å². The summed E-state index contributed by atoms with van der Waals surface area (Å²) in [5, 5.41) is 4.15. The number of para-hydroxylation sites is 1. The highest BCUT2D eigenvalue weighted by molar-refractivity contribution is 7.98. The van der Waals surface area contributed by atoms with Gasteiger partial charge in [-0.2, -0.15) is 0 Å². The summed E-state index contributed by atoms with van der Waals surface area (Å²) in [4.78, 5) is 6.57. The largest absolute Gasteiger partial charge is 0.487 e. The molecule has 0 bridgehead atoms. The number of aromatic nitrogens is 1. The van der Waals surface area contributed by atoms with Gasteiger partial charge in [-0.1, -0.05) is 23.5 Å². The van der Waals surface area contributed by atoms with E-state index in [4.69, 9.17) is 4.74 Å². The maximum absolute atomic E-state index is 5.83. The molecule has 0 saturated heterocycles. The molecule has 0 atom stereocenters. The molecule has 96 valence electrons. The molecule has 1 aromatic carbocycles. The first kappa shape index (κ1) is 13.2. The van der Waals surface area contributed by atoms with Gasteiger partial charge in [-0.3, -0.25) is 0 Å². The zero-order valence-corrected chi connectivity index (χ0v) is 12.1. The Labute approximate surface area is 116 Å². The maximum Gasteiger partial charge on any atom is 0.182 e. The fourth-order valence-corrected chi connectivity index (χ4v) is 2.83. The number of thioether (sulfide) groups is 1. The molecular weight excluding hydrogens is 264 g/mol. The Hall–Kier alpha value is -1.20. The van der Waals surface area contributed by atoms with Gasteiger partial charge >= 0.3 is 0 Å². The fourth-order valence-electron chi connectivity index (χ4n) is 1.49. The van der Waals surface area contributed by atoms with Gasteiger partial charge in [0.25, 0.3) is 0 Å². The molecule has 0 unspecified atom stereocenters. The van der Waals surface area contributed by atoms with Gasteiger partial charge in [-0.15, -0.1) is 11.8 Å². The minimum absolute atomic E-state index is 0.570. The van der Waals surface area contributed by atoms with Crippen LogP contribution in [0.5, 0.6) is 5.75 Å². The van der Waals surface area contributed by atoms with Crippen LogP contribution in [0.3, 0.4) is 0 Å². The molecule has 3 nitrogen and oxygen atoms in total. The lowest BCUT2D eigenvalue weighted by molar-refractivity contribution is 0.302. The topological polar surface area (TPSA) is 34.2 Å². The maximum atomic E-state index is 5.83. The van der Waals surface area contributed by atoms with Crippen LogP contribution in [0.15, 0.2) is 35.4 Å². The highest BCUT2D eigenvalue weighted by Gasteiger charge is 2.04. The summed E-state index contributed by atoms with van der Waals surface area (Å²) in [5.41, 5.74) is 0. The van der Waals surface area contributed by atoms with Crippen molar-refractivity contribution in [1.82, 2.24) is 4.98 Å². The molecule has 5 heteroatoms. The van der Waals surface area contributed by atoms with Gasteiger partial charge in [-0.25, -0.2) is 4.98 Å². The van der Waals surface area contributed by atoms with Gasteiger partial charge in [0.2, 0.25) is 0 Å². The lowest BCUT2D eigenvalue weighted by Crippen LogP contribution is -1.94. The number of anilines is 1. The van der Waals surface area contributed by atoms with E-state index in [2.05, 4.69) is 29.5 Å². The predicted molar refractivity (Wildman–Crippen MR) is 78.8 cm³/mol. The van der Waals surface area contributed by atoms with Crippen molar-refractivity contribution in [2.75, 3.05) is 18.1 Å². The van der Waals surface area contributed by atoms with E-state index < -0.39 is 0 Å². The number of nitrogens with zero attached hydrogens (tertiary/aromatic N) is 1. The van der Waals surface area contributed by atoms with Crippen LogP contribution in [0.2, 0.25) is 0 Å². The normalized spacial score (nSPS) is 10.3. The summed E-state index contributed by atoms with van der Waals surface area (Å²) in [6.45, 7) is 3.52. The van der Waals surface area contributed by atoms with Crippen molar-refractivity contribution in [3.8, 4) is 5.75 Å². The molecule has 0 amide bonds. The van der Waals surface area contributed by atoms with Crippen LogP contribution >= 0.6 is 23.1 Å². The molecule has 0 saturated carbocycles.